The third kappa shape index (κ3) is 4.77. The number of carboxylic acids is 1. The van der Waals surface area contributed by atoms with Crippen molar-refractivity contribution in [2.75, 3.05) is 10.6 Å². The number of hydrogen-bond acceptors (Lipinski definition) is 3. The van der Waals surface area contributed by atoms with E-state index in [0.717, 1.165) is 6.08 Å². The number of nitrogens with one attached hydrogen (secondary N) is 2. The molecule has 6 nitrogen and oxygen atoms in total. The third-order valence-electron chi connectivity index (χ3n) is 2.91. The van der Waals surface area contributed by atoms with E-state index in [0.29, 0.717) is 11.8 Å². The van der Waals surface area contributed by atoms with Crippen molar-refractivity contribution in [3.63, 3.8) is 0 Å². The van der Waals surface area contributed by atoms with E-state index in [9.17, 15) is 18.8 Å². The average Bonchev–Trinajstić information content (AvgIpc) is 2.55. The fraction of sp³-hybridized carbons (Fsp3) is 0. The Hall–Kier alpha value is -3.48. The van der Waals surface area contributed by atoms with Gasteiger partial charge in [0.15, 0.2) is 0 Å². The first kappa shape index (κ1) is 16.9. The molecule has 3 N–H and O–H groups in total. The number of carboxylic acid groups (broad SMARTS) is 1. The van der Waals surface area contributed by atoms with E-state index in [2.05, 4.69) is 10.6 Å². The van der Waals surface area contributed by atoms with Crippen LogP contribution in [0.15, 0.2) is 60.7 Å². The highest BCUT2D eigenvalue weighted by molar-refractivity contribution is 6.11. The van der Waals surface area contributed by atoms with Gasteiger partial charge in [0.25, 0.3) is 5.91 Å². The second-order valence-electron chi connectivity index (χ2n) is 4.67. The number of carbonyl (C=O) groups excluding carboxylic acids is 2. The van der Waals surface area contributed by atoms with Crippen molar-refractivity contribution in [2.45, 2.75) is 0 Å². The maximum Gasteiger partial charge on any atom is 0.328 e. The molecule has 0 radical (unpaired) electrons. The van der Waals surface area contributed by atoms with Crippen LogP contribution >= 0.6 is 0 Å². The Balaban J connectivity index is 2.15. The Kier molecular flexibility index (Phi) is 5.40. The summed E-state index contributed by atoms with van der Waals surface area (Å²) in [6, 6.07) is 11.5. The van der Waals surface area contributed by atoms with Gasteiger partial charge in [0.2, 0.25) is 5.91 Å². The van der Waals surface area contributed by atoms with E-state index < -0.39 is 23.6 Å². The summed E-state index contributed by atoms with van der Waals surface area (Å²) >= 11 is 0. The van der Waals surface area contributed by atoms with E-state index in [1.54, 1.807) is 12.1 Å². The summed E-state index contributed by atoms with van der Waals surface area (Å²) in [4.78, 5) is 34.4. The van der Waals surface area contributed by atoms with E-state index in [4.69, 9.17) is 5.11 Å². The molecule has 2 rings (SSSR count). The van der Waals surface area contributed by atoms with Gasteiger partial charge >= 0.3 is 5.97 Å². The van der Waals surface area contributed by atoms with Crippen LogP contribution in [0.4, 0.5) is 15.8 Å². The summed E-state index contributed by atoms with van der Waals surface area (Å²) in [5, 5.41) is 13.5. The van der Waals surface area contributed by atoms with Crippen LogP contribution in [-0.2, 0) is 9.59 Å². The summed E-state index contributed by atoms with van der Waals surface area (Å²) in [6.45, 7) is 0. The van der Waals surface area contributed by atoms with Gasteiger partial charge in [-0.15, -0.1) is 0 Å². The SMILES string of the molecule is O=C(O)/C=C\C(=O)Nc1ccccc1C(=O)Nc1ccc(F)cc1. The largest absolute Gasteiger partial charge is 0.478 e. The van der Waals surface area contributed by atoms with Gasteiger partial charge in [-0.3, -0.25) is 9.59 Å². The molecule has 0 fully saturated rings. The number of carbonyl (C=O) groups is 3. The maximum atomic E-state index is 12.9. The van der Waals surface area contributed by atoms with Crippen molar-refractivity contribution in [2.24, 2.45) is 0 Å². The third-order valence-corrected chi connectivity index (χ3v) is 2.91. The van der Waals surface area contributed by atoms with Gasteiger partial charge in [-0.25, -0.2) is 9.18 Å². The van der Waals surface area contributed by atoms with Crippen LogP contribution in [0.3, 0.4) is 0 Å². The van der Waals surface area contributed by atoms with Crippen molar-refractivity contribution in [3.8, 4) is 0 Å². The number of para-hydroxylation sites is 1. The van der Waals surface area contributed by atoms with Gasteiger partial charge in [0.05, 0.1) is 11.3 Å². The van der Waals surface area contributed by atoms with Crippen LogP contribution in [0.1, 0.15) is 10.4 Å². The van der Waals surface area contributed by atoms with Crippen LogP contribution in [-0.4, -0.2) is 22.9 Å². The molecule has 0 aliphatic heterocycles. The van der Waals surface area contributed by atoms with Crippen molar-refractivity contribution >= 4 is 29.2 Å². The van der Waals surface area contributed by atoms with E-state index in [1.165, 1.54) is 36.4 Å². The van der Waals surface area contributed by atoms with Gasteiger partial charge in [0, 0.05) is 17.8 Å². The summed E-state index contributed by atoms with van der Waals surface area (Å²) in [5.74, 6) is -2.86. The minimum atomic E-state index is -1.26. The summed E-state index contributed by atoms with van der Waals surface area (Å²) < 4.78 is 12.9. The topological polar surface area (TPSA) is 95.5 Å². The van der Waals surface area contributed by atoms with Crippen LogP contribution in [0.25, 0.3) is 0 Å². The number of aliphatic carboxylic acids is 1. The van der Waals surface area contributed by atoms with Gasteiger partial charge < -0.3 is 15.7 Å². The van der Waals surface area contributed by atoms with E-state index in [-0.39, 0.29) is 11.3 Å². The second kappa shape index (κ2) is 7.68. The number of rotatable bonds is 5. The first-order valence-corrected chi connectivity index (χ1v) is 6.83. The lowest BCUT2D eigenvalue weighted by molar-refractivity contribution is -0.131. The molecule has 122 valence electrons. The van der Waals surface area contributed by atoms with Crippen LogP contribution in [0.5, 0.6) is 0 Å². The first-order valence-electron chi connectivity index (χ1n) is 6.83. The van der Waals surface area contributed by atoms with Crippen LogP contribution in [0.2, 0.25) is 0 Å². The molecule has 0 aliphatic carbocycles. The van der Waals surface area contributed by atoms with Gasteiger partial charge in [-0.1, -0.05) is 12.1 Å². The molecule has 0 bridgehead atoms. The Morgan fingerprint density at radius 3 is 2.25 bits per heavy atom. The normalized spacial score (nSPS) is 10.4. The minimum Gasteiger partial charge on any atom is -0.478 e. The fourth-order valence-corrected chi connectivity index (χ4v) is 1.84. The molecular weight excluding hydrogens is 315 g/mol. The van der Waals surface area contributed by atoms with Crippen LogP contribution < -0.4 is 10.6 Å². The summed E-state index contributed by atoms with van der Waals surface area (Å²) in [6.07, 6.45) is 1.54. The second-order valence-corrected chi connectivity index (χ2v) is 4.67. The molecule has 0 heterocycles. The lowest BCUT2D eigenvalue weighted by atomic mass is 10.1. The number of halogens is 1. The number of amides is 2. The number of anilines is 2. The highest BCUT2D eigenvalue weighted by atomic mass is 19.1. The lowest BCUT2D eigenvalue weighted by Crippen LogP contribution is -2.17. The Bertz CT molecular complexity index is 800. The van der Waals surface area contributed by atoms with Crippen molar-refractivity contribution in [1.29, 1.82) is 0 Å². The molecule has 2 aromatic rings. The molecule has 24 heavy (non-hydrogen) atoms. The molecule has 2 aromatic carbocycles. The highest BCUT2D eigenvalue weighted by Crippen LogP contribution is 2.17. The minimum absolute atomic E-state index is 0.180. The van der Waals surface area contributed by atoms with Gasteiger partial charge in [-0.2, -0.15) is 0 Å². The molecular formula is C17H13FN2O4. The Morgan fingerprint density at radius 2 is 1.58 bits per heavy atom. The first-order chi connectivity index (χ1) is 11.5. The van der Waals surface area contributed by atoms with E-state index in [1.807, 2.05) is 0 Å². The summed E-state index contributed by atoms with van der Waals surface area (Å²) in [7, 11) is 0. The van der Waals surface area contributed by atoms with Crippen LogP contribution in [0, 0.1) is 5.82 Å². The smallest absolute Gasteiger partial charge is 0.328 e. The highest BCUT2D eigenvalue weighted by Gasteiger charge is 2.12. The molecule has 7 heteroatoms. The predicted molar refractivity (Wildman–Crippen MR) is 86.2 cm³/mol. The summed E-state index contributed by atoms with van der Waals surface area (Å²) in [5.41, 5.74) is 0.796. The maximum absolute atomic E-state index is 12.9. The standard InChI is InChI=1S/C17H13FN2O4/c18-11-5-7-12(8-6-11)19-17(24)13-3-1-2-4-14(13)20-15(21)9-10-16(22)23/h1-10H,(H,19,24)(H,20,21)(H,22,23)/b10-9-. The molecule has 0 atom stereocenters. The average molecular weight is 328 g/mol. The Labute approximate surface area is 136 Å². The molecule has 0 saturated heterocycles. The molecule has 0 unspecified atom stereocenters. The molecule has 0 aromatic heterocycles. The lowest BCUT2D eigenvalue weighted by Gasteiger charge is -2.10. The predicted octanol–water partition coefficient (Wildman–Crippen LogP) is 2.66. The quantitative estimate of drug-likeness (QED) is 0.735. The fourth-order valence-electron chi connectivity index (χ4n) is 1.84. The zero-order valence-corrected chi connectivity index (χ0v) is 12.3. The van der Waals surface area contributed by atoms with E-state index >= 15 is 0 Å². The molecule has 2 amide bonds. The number of hydrogen-bond donors (Lipinski definition) is 3. The molecule has 0 saturated carbocycles. The van der Waals surface area contributed by atoms with Crippen molar-refractivity contribution < 1.29 is 23.9 Å². The Morgan fingerprint density at radius 1 is 0.917 bits per heavy atom. The van der Waals surface area contributed by atoms with Crippen molar-refractivity contribution in [3.05, 3.63) is 72.1 Å². The zero-order chi connectivity index (χ0) is 17.5. The monoisotopic (exact) mass is 328 g/mol. The molecule has 0 spiro atoms. The zero-order valence-electron chi connectivity index (χ0n) is 12.3. The molecule has 0 aliphatic rings. The van der Waals surface area contributed by atoms with Gasteiger partial charge in [0.1, 0.15) is 5.82 Å². The number of benzene rings is 2. The van der Waals surface area contributed by atoms with Gasteiger partial charge in [-0.05, 0) is 36.4 Å². The van der Waals surface area contributed by atoms with Crippen molar-refractivity contribution in [1.82, 2.24) is 0 Å².